The number of rotatable bonds is 6. The Labute approximate surface area is 204 Å². The highest BCUT2D eigenvalue weighted by Crippen LogP contribution is 2.37. The van der Waals surface area contributed by atoms with Crippen LogP contribution in [0.5, 0.6) is 5.75 Å². The summed E-state index contributed by atoms with van der Waals surface area (Å²) in [7, 11) is -2.89. The van der Waals surface area contributed by atoms with E-state index in [0.29, 0.717) is 17.8 Å². The van der Waals surface area contributed by atoms with Crippen LogP contribution in [0.2, 0.25) is 0 Å². The van der Waals surface area contributed by atoms with Crippen LogP contribution in [0.25, 0.3) is 0 Å². The van der Waals surface area contributed by atoms with Gasteiger partial charge in [-0.3, -0.25) is 14.4 Å². The van der Waals surface area contributed by atoms with Gasteiger partial charge in [-0.25, -0.2) is 17.6 Å². The number of halogens is 1. The monoisotopic (exact) mass is 507 g/mol. The first kappa shape index (κ1) is 26.3. The lowest BCUT2D eigenvalue weighted by Crippen LogP contribution is -2.43. The second-order valence-electron chi connectivity index (χ2n) is 9.31. The van der Waals surface area contributed by atoms with Gasteiger partial charge in [0.15, 0.2) is 11.6 Å². The first-order valence-corrected chi connectivity index (χ1v) is 12.5. The van der Waals surface area contributed by atoms with E-state index < -0.39 is 27.5 Å². The molecule has 2 amide bonds. The molecule has 0 fully saturated rings. The number of benzene rings is 2. The van der Waals surface area contributed by atoms with Crippen molar-refractivity contribution >= 4 is 33.4 Å². The summed E-state index contributed by atoms with van der Waals surface area (Å²) in [6, 6.07) is 8.29. The number of carbonyl (C=O) groups excluding carboxylic acids is 2. The van der Waals surface area contributed by atoms with E-state index >= 15 is 0 Å². The van der Waals surface area contributed by atoms with Crippen molar-refractivity contribution in [2.45, 2.75) is 44.6 Å². The zero-order valence-electron chi connectivity index (χ0n) is 20.3. The second kappa shape index (κ2) is 10.1. The molecule has 1 heterocycles. The maximum atomic E-state index is 13.9. The van der Waals surface area contributed by atoms with Crippen molar-refractivity contribution in [2.75, 3.05) is 29.8 Å². The minimum Gasteiger partial charge on any atom is -0.494 e. The zero-order valence-corrected chi connectivity index (χ0v) is 21.2. The molecule has 0 saturated heterocycles. The van der Waals surface area contributed by atoms with Crippen LogP contribution in [-0.4, -0.2) is 46.2 Å². The van der Waals surface area contributed by atoms with Gasteiger partial charge in [0.05, 0.1) is 17.7 Å². The highest BCUT2D eigenvalue weighted by molar-refractivity contribution is 7.92. The number of nitrogens with one attached hydrogen (secondary N) is 2. The molecule has 0 spiro atoms. The Hall–Kier alpha value is -3.34. The fourth-order valence-corrected chi connectivity index (χ4v) is 5.34. The molecule has 0 bridgehead atoms. The van der Waals surface area contributed by atoms with E-state index in [4.69, 9.17) is 9.47 Å². The average molecular weight is 508 g/mol. The summed E-state index contributed by atoms with van der Waals surface area (Å²) >= 11 is 0. The lowest BCUT2D eigenvalue weighted by Gasteiger charge is -2.35. The molecule has 0 aromatic heterocycles. The molecule has 0 aliphatic carbocycles. The van der Waals surface area contributed by atoms with E-state index in [1.807, 2.05) is 0 Å². The Morgan fingerprint density at radius 1 is 1.17 bits per heavy atom. The predicted octanol–water partition coefficient (Wildman–Crippen LogP) is 3.69. The van der Waals surface area contributed by atoms with Crippen molar-refractivity contribution in [3.8, 4) is 5.75 Å². The summed E-state index contributed by atoms with van der Waals surface area (Å²) in [6.07, 6.45) is -0.157. The van der Waals surface area contributed by atoms with Gasteiger partial charge in [0.25, 0.3) is 10.0 Å². The third-order valence-corrected chi connectivity index (χ3v) is 7.06. The number of ether oxygens (including phenoxy) is 2. The summed E-state index contributed by atoms with van der Waals surface area (Å²) < 4.78 is 52.8. The molecule has 190 valence electrons. The maximum Gasteiger partial charge on any atom is 0.412 e. The second-order valence-corrected chi connectivity index (χ2v) is 11.2. The normalized spacial score (nSPS) is 15.7. The Bertz CT molecular complexity index is 1230. The Morgan fingerprint density at radius 2 is 1.89 bits per heavy atom. The van der Waals surface area contributed by atoms with Crippen LogP contribution < -0.4 is 19.7 Å². The van der Waals surface area contributed by atoms with Crippen LogP contribution in [0.15, 0.2) is 41.3 Å². The molecule has 3 rings (SSSR count). The molecule has 1 aliphatic heterocycles. The molecule has 9 nitrogen and oxygen atoms in total. The van der Waals surface area contributed by atoms with Crippen LogP contribution >= 0.6 is 0 Å². The third-order valence-electron chi connectivity index (χ3n) is 5.28. The van der Waals surface area contributed by atoms with Crippen LogP contribution in [0.1, 0.15) is 33.3 Å². The van der Waals surface area contributed by atoms with Crippen molar-refractivity contribution in [3.63, 3.8) is 0 Å². The third kappa shape index (κ3) is 6.41. The summed E-state index contributed by atoms with van der Waals surface area (Å²) in [5.74, 6) is -1.30. The quantitative estimate of drug-likeness (QED) is 0.617. The molecule has 11 heteroatoms. The number of carbonyl (C=O) groups is 2. The van der Waals surface area contributed by atoms with Crippen LogP contribution in [-0.2, 0) is 26.0 Å². The van der Waals surface area contributed by atoms with E-state index in [1.165, 1.54) is 24.4 Å². The molecular formula is C24H30FN3O6S. The molecule has 0 unspecified atom stereocenters. The first-order valence-electron chi connectivity index (χ1n) is 11.0. The molecule has 2 N–H and O–H groups in total. The SMILES string of the molecule is COc1cc(S(=O)(=O)N2C[C@H](CNC(C)=O)Cc3ccc(NC(=O)OC(C)(C)C)cc32)ccc1F. The van der Waals surface area contributed by atoms with Crippen LogP contribution in [0.4, 0.5) is 20.6 Å². The van der Waals surface area contributed by atoms with Crippen LogP contribution in [0, 0.1) is 11.7 Å². The van der Waals surface area contributed by atoms with Crippen molar-refractivity contribution in [1.82, 2.24) is 5.32 Å². The summed E-state index contributed by atoms with van der Waals surface area (Å²) in [5.41, 5.74) is 0.752. The number of fused-ring (bicyclic) bond motifs is 1. The van der Waals surface area contributed by atoms with E-state index in [0.717, 1.165) is 17.7 Å². The Kier molecular flexibility index (Phi) is 7.59. The van der Waals surface area contributed by atoms with Crippen molar-refractivity contribution in [2.24, 2.45) is 5.92 Å². The fraction of sp³-hybridized carbons (Fsp3) is 0.417. The van der Waals surface area contributed by atoms with Crippen molar-refractivity contribution in [1.29, 1.82) is 0 Å². The van der Waals surface area contributed by atoms with E-state index in [9.17, 15) is 22.4 Å². The minimum atomic E-state index is -4.14. The van der Waals surface area contributed by atoms with Gasteiger partial charge in [-0.2, -0.15) is 0 Å². The molecular weight excluding hydrogens is 477 g/mol. The number of methoxy groups -OCH3 is 1. The van der Waals surface area contributed by atoms with E-state index in [1.54, 1.807) is 39.0 Å². The fourth-order valence-electron chi connectivity index (χ4n) is 3.76. The van der Waals surface area contributed by atoms with Gasteiger partial charge in [0.1, 0.15) is 5.60 Å². The Morgan fingerprint density at radius 3 is 2.51 bits per heavy atom. The maximum absolute atomic E-state index is 13.9. The lowest BCUT2D eigenvalue weighted by atomic mass is 9.93. The minimum absolute atomic E-state index is 0.0746. The summed E-state index contributed by atoms with van der Waals surface area (Å²) in [6.45, 7) is 6.96. The topological polar surface area (TPSA) is 114 Å². The van der Waals surface area contributed by atoms with Gasteiger partial charge in [-0.05, 0) is 62.9 Å². The highest BCUT2D eigenvalue weighted by Gasteiger charge is 2.34. The van der Waals surface area contributed by atoms with Gasteiger partial charge >= 0.3 is 6.09 Å². The molecule has 2 aromatic rings. The van der Waals surface area contributed by atoms with Gasteiger partial charge in [-0.1, -0.05) is 6.07 Å². The van der Waals surface area contributed by atoms with Crippen LogP contribution in [0.3, 0.4) is 0 Å². The van der Waals surface area contributed by atoms with Gasteiger partial charge in [0.2, 0.25) is 5.91 Å². The number of sulfonamides is 1. The Balaban J connectivity index is 2.01. The smallest absolute Gasteiger partial charge is 0.412 e. The number of amides is 2. The zero-order chi connectivity index (χ0) is 26.0. The number of hydrogen-bond acceptors (Lipinski definition) is 6. The highest BCUT2D eigenvalue weighted by atomic mass is 32.2. The molecule has 0 radical (unpaired) electrons. The number of hydrogen-bond donors (Lipinski definition) is 2. The molecule has 0 saturated carbocycles. The molecule has 35 heavy (non-hydrogen) atoms. The summed E-state index contributed by atoms with van der Waals surface area (Å²) in [5, 5.41) is 5.37. The average Bonchev–Trinajstić information content (AvgIpc) is 2.76. The first-order chi connectivity index (χ1) is 16.3. The summed E-state index contributed by atoms with van der Waals surface area (Å²) in [4.78, 5) is 23.5. The predicted molar refractivity (Wildman–Crippen MR) is 130 cm³/mol. The number of anilines is 2. The molecule has 1 atom stereocenters. The molecule has 1 aliphatic rings. The van der Waals surface area contributed by atoms with Gasteiger partial charge < -0.3 is 14.8 Å². The van der Waals surface area contributed by atoms with Gasteiger partial charge in [0, 0.05) is 31.8 Å². The molecule has 2 aromatic carbocycles. The lowest BCUT2D eigenvalue weighted by molar-refractivity contribution is -0.119. The van der Waals surface area contributed by atoms with E-state index in [-0.39, 0.29) is 35.6 Å². The van der Waals surface area contributed by atoms with Gasteiger partial charge in [-0.15, -0.1) is 0 Å². The number of nitrogens with zero attached hydrogens (tertiary/aromatic N) is 1. The van der Waals surface area contributed by atoms with E-state index in [2.05, 4.69) is 10.6 Å². The van der Waals surface area contributed by atoms with Crippen molar-refractivity contribution < 1.29 is 31.9 Å². The van der Waals surface area contributed by atoms with Crippen molar-refractivity contribution in [3.05, 3.63) is 47.8 Å². The standard InChI is InChI=1S/C24H30FN3O6S/c1-15(29)26-13-16-10-17-6-7-18(27-23(30)34-24(2,3)4)11-21(17)28(14-16)35(31,32)19-8-9-20(25)22(12-19)33-5/h6-9,11-12,16H,10,13-14H2,1-5H3,(H,26,29)(H,27,30)/t16-/m0/s1. The largest absolute Gasteiger partial charge is 0.494 e.